The Morgan fingerprint density at radius 1 is 1.00 bits per heavy atom. The van der Waals surface area contributed by atoms with Crippen LogP contribution < -0.4 is 20.3 Å². The molecular weight excluding hydrogens is 421 g/mol. The predicted octanol–water partition coefficient (Wildman–Crippen LogP) is 4.41. The summed E-state index contributed by atoms with van der Waals surface area (Å²) in [6, 6.07) is 20.8. The Bertz CT molecular complexity index is 1100. The zero-order valence-electron chi connectivity index (χ0n) is 18.8. The molecule has 6 nitrogen and oxygen atoms in total. The first-order valence-corrected chi connectivity index (χ1v) is 10.8. The van der Waals surface area contributed by atoms with Crippen molar-refractivity contribution >= 4 is 23.2 Å². The summed E-state index contributed by atoms with van der Waals surface area (Å²) >= 11 is 0. The van der Waals surface area contributed by atoms with Crippen molar-refractivity contribution in [2.45, 2.75) is 13.8 Å². The molecule has 0 heterocycles. The van der Waals surface area contributed by atoms with Crippen molar-refractivity contribution in [3.63, 3.8) is 0 Å². The minimum atomic E-state index is -0.530. The number of benzene rings is 3. The van der Waals surface area contributed by atoms with E-state index in [2.05, 4.69) is 28.5 Å². The van der Waals surface area contributed by atoms with Crippen LogP contribution in [0, 0.1) is 12.7 Å². The Morgan fingerprint density at radius 2 is 1.76 bits per heavy atom. The number of aryl methyl sites for hydroxylation is 1. The van der Waals surface area contributed by atoms with Gasteiger partial charge in [-0.05, 0) is 55.8 Å². The maximum absolute atomic E-state index is 13.7. The fourth-order valence-electron chi connectivity index (χ4n) is 3.37. The number of carbonyl (C=O) groups excluding carboxylic acids is 2. The van der Waals surface area contributed by atoms with Gasteiger partial charge in [0.2, 0.25) is 0 Å². The minimum Gasteiger partial charge on any atom is -0.483 e. The summed E-state index contributed by atoms with van der Waals surface area (Å²) < 4.78 is 19.3. The number of para-hydroxylation sites is 2. The van der Waals surface area contributed by atoms with E-state index < -0.39 is 11.7 Å². The van der Waals surface area contributed by atoms with Crippen LogP contribution in [0.25, 0.3) is 0 Å². The lowest BCUT2D eigenvalue weighted by Crippen LogP contribution is -2.35. The molecule has 2 N–H and O–H groups in total. The number of nitrogens with one attached hydrogen (secondary N) is 2. The molecule has 172 valence electrons. The van der Waals surface area contributed by atoms with Crippen LogP contribution in [0.3, 0.4) is 0 Å². The van der Waals surface area contributed by atoms with Crippen molar-refractivity contribution in [3.05, 3.63) is 89.7 Å². The van der Waals surface area contributed by atoms with Gasteiger partial charge in [-0.25, -0.2) is 4.39 Å². The molecule has 0 aliphatic rings. The first kappa shape index (κ1) is 23.8. The Morgan fingerprint density at radius 3 is 2.52 bits per heavy atom. The molecule has 0 fully saturated rings. The van der Waals surface area contributed by atoms with Gasteiger partial charge in [0.25, 0.3) is 11.8 Å². The zero-order chi connectivity index (χ0) is 23.6. The Hall–Kier alpha value is -3.87. The molecular formula is C26H28FN3O3. The highest BCUT2D eigenvalue weighted by Gasteiger charge is 2.14. The molecule has 0 spiro atoms. The van der Waals surface area contributed by atoms with Crippen LogP contribution in [0.4, 0.5) is 15.8 Å². The Balaban J connectivity index is 1.55. The summed E-state index contributed by atoms with van der Waals surface area (Å²) in [5.74, 6) is -1.06. The van der Waals surface area contributed by atoms with Gasteiger partial charge in [0.15, 0.2) is 6.61 Å². The maximum Gasteiger partial charge on any atom is 0.262 e. The average Bonchev–Trinajstić information content (AvgIpc) is 2.82. The molecule has 0 radical (unpaired) electrons. The highest BCUT2D eigenvalue weighted by Crippen LogP contribution is 2.19. The van der Waals surface area contributed by atoms with Gasteiger partial charge in [-0.15, -0.1) is 0 Å². The van der Waals surface area contributed by atoms with Gasteiger partial charge >= 0.3 is 0 Å². The molecule has 0 saturated heterocycles. The standard InChI is InChI=1S/C26H28FN3O3/c1-3-30(20-10-8-9-19(2)17-20)16-15-28-26(32)21-11-4-7-14-24(21)33-18-25(31)29-23-13-6-5-12-22(23)27/h4-14,17H,3,15-16,18H2,1-2H3,(H,28,32)(H,29,31). The number of ether oxygens (including phenoxy) is 1. The first-order valence-electron chi connectivity index (χ1n) is 10.8. The summed E-state index contributed by atoms with van der Waals surface area (Å²) in [6.07, 6.45) is 0. The van der Waals surface area contributed by atoms with Gasteiger partial charge in [-0.3, -0.25) is 9.59 Å². The topological polar surface area (TPSA) is 70.7 Å². The van der Waals surface area contributed by atoms with E-state index in [-0.39, 0.29) is 24.0 Å². The second-order valence-electron chi connectivity index (χ2n) is 7.49. The van der Waals surface area contributed by atoms with Crippen LogP contribution in [0.1, 0.15) is 22.8 Å². The molecule has 3 aromatic carbocycles. The fourth-order valence-corrected chi connectivity index (χ4v) is 3.37. The molecule has 0 atom stereocenters. The normalized spacial score (nSPS) is 10.4. The number of hydrogen-bond acceptors (Lipinski definition) is 4. The molecule has 0 aromatic heterocycles. The summed E-state index contributed by atoms with van der Waals surface area (Å²) in [6.45, 7) is 5.68. The third kappa shape index (κ3) is 6.80. The van der Waals surface area contributed by atoms with Crippen molar-refractivity contribution in [2.75, 3.05) is 36.5 Å². The van der Waals surface area contributed by atoms with Gasteiger partial charge < -0.3 is 20.3 Å². The van der Waals surface area contributed by atoms with Crippen molar-refractivity contribution < 1.29 is 18.7 Å². The van der Waals surface area contributed by atoms with Crippen molar-refractivity contribution in [1.29, 1.82) is 0 Å². The maximum atomic E-state index is 13.7. The Labute approximate surface area is 193 Å². The monoisotopic (exact) mass is 449 g/mol. The van der Waals surface area contributed by atoms with Crippen LogP contribution in [0.5, 0.6) is 5.75 Å². The lowest BCUT2D eigenvalue weighted by molar-refractivity contribution is -0.118. The summed E-state index contributed by atoms with van der Waals surface area (Å²) in [5.41, 5.74) is 2.69. The predicted molar refractivity (Wildman–Crippen MR) is 128 cm³/mol. The van der Waals surface area contributed by atoms with Crippen LogP contribution in [0.2, 0.25) is 0 Å². The molecule has 3 rings (SSSR count). The van der Waals surface area contributed by atoms with Gasteiger partial charge in [0.05, 0.1) is 11.3 Å². The lowest BCUT2D eigenvalue weighted by atomic mass is 10.2. The molecule has 33 heavy (non-hydrogen) atoms. The van der Waals surface area contributed by atoms with Crippen LogP contribution in [-0.2, 0) is 4.79 Å². The number of hydrogen-bond donors (Lipinski definition) is 2. The molecule has 7 heteroatoms. The molecule has 0 aliphatic carbocycles. The van der Waals surface area contributed by atoms with E-state index in [4.69, 9.17) is 4.74 Å². The van der Waals surface area contributed by atoms with Gasteiger partial charge in [-0.2, -0.15) is 0 Å². The van der Waals surface area contributed by atoms with Gasteiger partial charge in [0.1, 0.15) is 11.6 Å². The SMILES string of the molecule is CCN(CCNC(=O)c1ccccc1OCC(=O)Nc1ccccc1F)c1cccc(C)c1. The van der Waals surface area contributed by atoms with E-state index in [0.717, 1.165) is 12.2 Å². The molecule has 0 bridgehead atoms. The Kier molecular flexibility index (Phi) is 8.41. The highest BCUT2D eigenvalue weighted by molar-refractivity contribution is 5.97. The van der Waals surface area contributed by atoms with Crippen LogP contribution >= 0.6 is 0 Å². The van der Waals surface area contributed by atoms with Crippen molar-refractivity contribution in [2.24, 2.45) is 0 Å². The smallest absolute Gasteiger partial charge is 0.262 e. The first-order chi connectivity index (χ1) is 16.0. The average molecular weight is 450 g/mol. The molecule has 0 aliphatic heterocycles. The molecule has 0 saturated carbocycles. The molecule has 3 aromatic rings. The second kappa shape index (κ2) is 11.7. The fraction of sp³-hybridized carbons (Fsp3) is 0.231. The van der Waals surface area contributed by atoms with Crippen LogP contribution in [0.15, 0.2) is 72.8 Å². The largest absolute Gasteiger partial charge is 0.483 e. The van der Waals surface area contributed by atoms with E-state index in [1.54, 1.807) is 30.3 Å². The van der Waals surface area contributed by atoms with E-state index in [0.29, 0.717) is 18.7 Å². The van der Waals surface area contributed by atoms with Crippen molar-refractivity contribution in [3.8, 4) is 5.75 Å². The van der Waals surface area contributed by atoms with Gasteiger partial charge in [-0.1, -0.05) is 36.4 Å². The van der Waals surface area contributed by atoms with E-state index >= 15 is 0 Å². The number of carbonyl (C=O) groups is 2. The second-order valence-corrected chi connectivity index (χ2v) is 7.49. The molecule has 2 amide bonds. The third-order valence-electron chi connectivity index (χ3n) is 5.05. The van der Waals surface area contributed by atoms with Gasteiger partial charge in [0, 0.05) is 25.3 Å². The number of nitrogens with zero attached hydrogens (tertiary/aromatic N) is 1. The third-order valence-corrected chi connectivity index (χ3v) is 5.05. The number of halogens is 1. The minimum absolute atomic E-state index is 0.0752. The zero-order valence-corrected chi connectivity index (χ0v) is 18.8. The number of rotatable bonds is 10. The lowest BCUT2D eigenvalue weighted by Gasteiger charge is -2.23. The van der Waals surface area contributed by atoms with E-state index in [1.165, 1.54) is 23.8 Å². The summed E-state index contributed by atoms with van der Waals surface area (Å²) in [5, 5.41) is 5.37. The summed E-state index contributed by atoms with van der Waals surface area (Å²) in [7, 11) is 0. The van der Waals surface area contributed by atoms with E-state index in [1.807, 2.05) is 25.1 Å². The quantitative estimate of drug-likeness (QED) is 0.481. The number of amides is 2. The summed E-state index contributed by atoms with van der Waals surface area (Å²) in [4.78, 5) is 27.1. The van der Waals surface area contributed by atoms with Crippen molar-refractivity contribution in [1.82, 2.24) is 5.32 Å². The number of likely N-dealkylation sites (N-methyl/N-ethyl adjacent to an activating group) is 1. The highest BCUT2D eigenvalue weighted by atomic mass is 19.1. The number of anilines is 2. The van der Waals surface area contributed by atoms with Crippen LogP contribution in [-0.4, -0.2) is 38.1 Å². The molecule has 0 unspecified atom stereocenters. The van der Waals surface area contributed by atoms with E-state index in [9.17, 15) is 14.0 Å².